The van der Waals surface area contributed by atoms with E-state index in [0.29, 0.717) is 19.3 Å². The van der Waals surface area contributed by atoms with E-state index in [4.69, 9.17) is 9.47 Å². The molecule has 0 aromatic carbocycles. The van der Waals surface area contributed by atoms with Crippen molar-refractivity contribution in [1.82, 2.24) is 0 Å². The van der Waals surface area contributed by atoms with Gasteiger partial charge in [-0.2, -0.15) is 0 Å². The average Bonchev–Trinajstić information content (AvgIpc) is 2.70. The van der Waals surface area contributed by atoms with E-state index in [-0.39, 0.29) is 24.3 Å². The van der Waals surface area contributed by atoms with Crippen LogP contribution in [0.5, 0.6) is 0 Å². The Morgan fingerprint density at radius 3 is 2.53 bits per heavy atom. The first-order chi connectivity index (χ1) is 14.5. The highest BCUT2D eigenvalue weighted by molar-refractivity contribution is 5.82. The fraction of sp³-hybridized carbons (Fsp3) is 0.542. The molecule has 0 spiro atoms. The maximum absolute atomic E-state index is 11.8. The number of carbonyl (C=O) groups excluding carboxylic acids is 1. The Labute approximate surface area is 178 Å². The van der Waals surface area contributed by atoms with Crippen molar-refractivity contribution in [1.29, 1.82) is 0 Å². The zero-order valence-corrected chi connectivity index (χ0v) is 17.5. The third-order valence-electron chi connectivity index (χ3n) is 5.02. The van der Waals surface area contributed by atoms with Gasteiger partial charge in [-0.1, -0.05) is 54.7 Å². The van der Waals surface area contributed by atoms with E-state index in [0.717, 1.165) is 19.3 Å². The molecule has 0 saturated carbocycles. The average molecular weight is 419 g/mol. The number of hydrogen-bond donors (Lipinski definition) is 3. The Morgan fingerprint density at radius 2 is 1.73 bits per heavy atom. The molecule has 1 fully saturated rings. The normalized spacial score (nSPS) is 39.0. The highest BCUT2D eigenvalue weighted by Gasteiger charge is 2.40. The van der Waals surface area contributed by atoms with E-state index in [1.54, 1.807) is 36.5 Å². The molecule has 30 heavy (non-hydrogen) atoms. The third kappa shape index (κ3) is 9.22. The number of hydrogen-bond acceptors (Lipinski definition) is 6. The quantitative estimate of drug-likeness (QED) is 0.414. The zero-order valence-electron chi connectivity index (χ0n) is 17.5. The first-order valence-corrected chi connectivity index (χ1v) is 10.7. The van der Waals surface area contributed by atoms with E-state index in [1.807, 2.05) is 25.2 Å². The Bertz CT molecular complexity index is 663. The first kappa shape index (κ1) is 24.3. The standard InChI is InChI=1S/C24H34O6/c1-18-11-5-2-9-15-21-24(28)22(30-21)17-20(26)14-8-3-6-12-19(25)13-7-4-10-16-23(27)29-18/h3-4,6-10,12,15-16,18-22,24-26,28H,2,5,11,13-14,17H2,1H3/b7-4+,8-3-,12-6+,15-9?,16-10-/t18-,19-,20+,21+,22-,24+/m1/s1. The van der Waals surface area contributed by atoms with Gasteiger partial charge in [0, 0.05) is 12.5 Å². The fourth-order valence-corrected chi connectivity index (χ4v) is 3.27. The van der Waals surface area contributed by atoms with E-state index >= 15 is 0 Å². The van der Waals surface area contributed by atoms with Crippen LogP contribution in [0.1, 0.15) is 45.4 Å². The predicted octanol–water partition coefficient (Wildman–Crippen LogP) is 2.90. The molecule has 0 aliphatic carbocycles. The van der Waals surface area contributed by atoms with Crippen molar-refractivity contribution in [2.24, 2.45) is 0 Å². The number of carbonyl (C=O) groups is 1. The number of esters is 1. The van der Waals surface area contributed by atoms with Crippen LogP contribution in [-0.2, 0) is 14.3 Å². The Hall–Kier alpha value is -1.99. The smallest absolute Gasteiger partial charge is 0.331 e. The van der Waals surface area contributed by atoms with Crippen LogP contribution >= 0.6 is 0 Å². The first-order valence-electron chi connectivity index (χ1n) is 10.7. The molecule has 6 nitrogen and oxygen atoms in total. The van der Waals surface area contributed by atoms with E-state index < -0.39 is 18.3 Å². The van der Waals surface area contributed by atoms with Crippen molar-refractivity contribution in [3.63, 3.8) is 0 Å². The molecule has 166 valence electrons. The van der Waals surface area contributed by atoms with Crippen molar-refractivity contribution in [2.45, 2.75) is 82.1 Å². The van der Waals surface area contributed by atoms with Gasteiger partial charge in [0.2, 0.25) is 0 Å². The minimum Gasteiger partial charge on any atom is -0.460 e. The minimum atomic E-state index is -0.634. The van der Waals surface area contributed by atoms with Crippen LogP contribution in [0.2, 0.25) is 0 Å². The summed E-state index contributed by atoms with van der Waals surface area (Å²) in [4.78, 5) is 11.8. The van der Waals surface area contributed by atoms with Crippen LogP contribution in [0.4, 0.5) is 0 Å². The van der Waals surface area contributed by atoms with Gasteiger partial charge in [0.15, 0.2) is 0 Å². The van der Waals surface area contributed by atoms with Crippen molar-refractivity contribution < 1.29 is 29.6 Å². The molecule has 0 amide bonds. The molecule has 3 heterocycles. The summed E-state index contributed by atoms with van der Waals surface area (Å²) in [7, 11) is 0. The maximum atomic E-state index is 11.8. The van der Waals surface area contributed by atoms with E-state index in [1.165, 1.54) is 6.08 Å². The van der Waals surface area contributed by atoms with Crippen LogP contribution in [-0.4, -0.2) is 57.9 Å². The van der Waals surface area contributed by atoms with Crippen LogP contribution in [0.25, 0.3) is 0 Å². The molecule has 3 aliphatic rings. The molecular weight excluding hydrogens is 384 g/mol. The summed E-state index contributed by atoms with van der Waals surface area (Å²) in [5.74, 6) is -0.387. The number of allylic oxidation sites excluding steroid dienone is 5. The molecule has 6 atom stereocenters. The minimum absolute atomic E-state index is 0.179. The molecule has 0 unspecified atom stereocenters. The number of aliphatic hydroxyl groups excluding tert-OH is 3. The van der Waals surface area contributed by atoms with Crippen molar-refractivity contribution >= 4 is 5.97 Å². The van der Waals surface area contributed by atoms with Crippen molar-refractivity contribution in [2.75, 3.05) is 0 Å². The molecule has 3 N–H and O–H groups in total. The van der Waals surface area contributed by atoms with Gasteiger partial charge in [0.25, 0.3) is 0 Å². The Kier molecular flexibility index (Phi) is 10.8. The summed E-state index contributed by atoms with van der Waals surface area (Å²) in [5.41, 5.74) is 0. The largest absolute Gasteiger partial charge is 0.460 e. The third-order valence-corrected chi connectivity index (χ3v) is 5.02. The van der Waals surface area contributed by atoms with Crippen LogP contribution in [0.3, 0.4) is 0 Å². The van der Waals surface area contributed by atoms with Gasteiger partial charge in [-0.3, -0.25) is 0 Å². The number of ether oxygens (including phenoxy) is 2. The second-order valence-corrected chi connectivity index (χ2v) is 7.76. The van der Waals surface area contributed by atoms with Gasteiger partial charge in [0.05, 0.1) is 24.4 Å². The van der Waals surface area contributed by atoms with Crippen molar-refractivity contribution in [3.05, 3.63) is 60.8 Å². The van der Waals surface area contributed by atoms with Gasteiger partial charge in [-0.15, -0.1) is 0 Å². The van der Waals surface area contributed by atoms with Gasteiger partial charge < -0.3 is 24.8 Å². The Morgan fingerprint density at radius 1 is 0.967 bits per heavy atom. The van der Waals surface area contributed by atoms with Gasteiger partial charge in [-0.05, 0) is 39.0 Å². The second-order valence-electron chi connectivity index (χ2n) is 7.76. The number of aliphatic hydroxyl groups is 3. The lowest BCUT2D eigenvalue weighted by molar-refractivity contribution is -0.209. The molecule has 3 aliphatic heterocycles. The number of fused-ring (bicyclic) bond motifs is 15. The molecule has 0 radical (unpaired) electrons. The molecule has 3 rings (SSSR count). The summed E-state index contributed by atoms with van der Waals surface area (Å²) < 4.78 is 11.0. The van der Waals surface area contributed by atoms with E-state index in [9.17, 15) is 20.1 Å². The van der Waals surface area contributed by atoms with Crippen LogP contribution < -0.4 is 0 Å². The topological polar surface area (TPSA) is 96.2 Å². The molecule has 2 bridgehead atoms. The molecular formula is C24H34O6. The summed E-state index contributed by atoms with van der Waals surface area (Å²) in [5, 5.41) is 30.2. The SMILES string of the molecule is C[C@@H]1CCCC=C[C@@H]2O[C@H](C[C@@H](O)C/C=C\C=C\[C@@H](O)C/C=C/C=C\C(=O)O1)[C@H]2O. The molecule has 0 aromatic heterocycles. The van der Waals surface area contributed by atoms with Gasteiger partial charge in [-0.25, -0.2) is 4.79 Å². The highest BCUT2D eigenvalue weighted by Crippen LogP contribution is 2.27. The Balaban J connectivity index is 1.91. The lowest BCUT2D eigenvalue weighted by Crippen LogP contribution is -2.53. The van der Waals surface area contributed by atoms with Crippen LogP contribution in [0.15, 0.2) is 60.8 Å². The lowest BCUT2D eigenvalue weighted by Gasteiger charge is -2.41. The predicted molar refractivity (Wildman–Crippen MR) is 116 cm³/mol. The maximum Gasteiger partial charge on any atom is 0.331 e. The lowest BCUT2D eigenvalue weighted by atomic mass is 9.94. The molecule has 0 aromatic rings. The van der Waals surface area contributed by atoms with Crippen molar-refractivity contribution in [3.8, 4) is 0 Å². The summed E-state index contributed by atoms with van der Waals surface area (Å²) >= 11 is 0. The van der Waals surface area contributed by atoms with Crippen LogP contribution in [0, 0.1) is 0 Å². The molecule has 6 heteroatoms. The summed E-state index contributed by atoms with van der Waals surface area (Å²) in [6.07, 6.45) is 18.2. The fourth-order valence-electron chi connectivity index (χ4n) is 3.27. The zero-order chi connectivity index (χ0) is 21.8. The van der Waals surface area contributed by atoms with Gasteiger partial charge >= 0.3 is 5.97 Å². The molecule has 1 saturated heterocycles. The second kappa shape index (κ2) is 13.3. The van der Waals surface area contributed by atoms with Gasteiger partial charge in [0.1, 0.15) is 12.2 Å². The van der Waals surface area contributed by atoms with E-state index in [2.05, 4.69) is 0 Å². The number of rotatable bonds is 0. The summed E-state index contributed by atoms with van der Waals surface area (Å²) in [6.45, 7) is 1.86. The highest BCUT2D eigenvalue weighted by atomic mass is 16.6. The monoisotopic (exact) mass is 418 g/mol. The summed E-state index contributed by atoms with van der Waals surface area (Å²) in [6, 6.07) is 0.